The van der Waals surface area contributed by atoms with E-state index >= 15 is 0 Å². The summed E-state index contributed by atoms with van der Waals surface area (Å²) >= 11 is 0. The predicted molar refractivity (Wildman–Crippen MR) is 67.2 cm³/mol. The highest BCUT2D eigenvalue weighted by Gasteiger charge is 2.20. The second kappa shape index (κ2) is 5.31. The van der Waals surface area contributed by atoms with E-state index in [9.17, 15) is 5.11 Å². The Bertz CT molecular complexity index is 361. The van der Waals surface area contributed by atoms with Gasteiger partial charge >= 0.3 is 0 Å². The van der Waals surface area contributed by atoms with E-state index in [4.69, 9.17) is 0 Å². The molecule has 94 valence electrons. The van der Waals surface area contributed by atoms with E-state index in [1.165, 1.54) is 12.5 Å². The number of aromatic hydroxyl groups is 1. The number of hydrogen-bond donors (Lipinski definition) is 1. The molecular formula is C12H20N4O. The zero-order valence-corrected chi connectivity index (χ0v) is 10.5. The average molecular weight is 236 g/mol. The molecule has 1 saturated heterocycles. The molecule has 0 unspecified atom stereocenters. The first-order valence-electron chi connectivity index (χ1n) is 6.13. The third kappa shape index (κ3) is 3.06. The molecule has 1 aromatic heterocycles. The van der Waals surface area contributed by atoms with Crippen LogP contribution in [0.2, 0.25) is 0 Å². The predicted octanol–water partition coefficient (Wildman–Crippen LogP) is 0.960. The summed E-state index contributed by atoms with van der Waals surface area (Å²) in [6, 6.07) is 0. The van der Waals surface area contributed by atoms with E-state index in [0.29, 0.717) is 11.7 Å². The summed E-state index contributed by atoms with van der Waals surface area (Å²) in [5.74, 6) is 1.53. The lowest BCUT2D eigenvalue weighted by molar-refractivity contribution is 0.230. The Morgan fingerprint density at radius 2 is 2.00 bits per heavy atom. The van der Waals surface area contributed by atoms with Gasteiger partial charge in [-0.25, -0.2) is 9.97 Å². The molecule has 0 aromatic carbocycles. The molecule has 1 aliphatic rings. The van der Waals surface area contributed by atoms with Crippen LogP contribution in [-0.4, -0.2) is 52.7 Å². The van der Waals surface area contributed by atoms with Crippen LogP contribution in [0.4, 0.5) is 5.82 Å². The number of rotatable bonds is 3. The lowest BCUT2D eigenvalue weighted by Crippen LogP contribution is -2.47. The van der Waals surface area contributed by atoms with Gasteiger partial charge in [0.05, 0.1) is 6.20 Å². The smallest absolute Gasteiger partial charge is 0.177 e. The van der Waals surface area contributed by atoms with Gasteiger partial charge in [0.15, 0.2) is 11.6 Å². The summed E-state index contributed by atoms with van der Waals surface area (Å²) in [4.78, 5) is 12.5. The minimum Gasteiger partial charge on any atom is -0.503 e. The fourth-order valence-electron chi connectivity index (χ4n) is 2.22. The fraction of sp³-hybridized carbons (Fsp3) is 0.667. The zero-order chi connectivity index (χ0) is 12.3. The fourth-order valence-corrected chi connectivity index (χ4v) is 2.22. The van der Waals surface area contributed by atoms with Crippen molar-refractivity contribution in [3.63, 3.8) is 0 Å². The standard InChI is InChI=1S/C12H20N4O/c1-10(2)8-15-3-5-16(6-4-15)12-11(17)7-13-9-14-12/h7,9-10,17H,3-6,8H2,1-2H3. The van der Waals surface area contributed by atoms with Gasteiger partial charge in [-0.3, -0.25) is 4.90 Å². The molecule has 0 bridgehead atoms. The highest BCUT2D eigenvalue weighted by molar-refractivity contribution is 5.49. The summed E-state index contributed by atoms with van der Waals surface area (Å²) in [5.41, 5.74) is 0. The van der Waals surface area contributed by atoms with Gasteiger partial charge in [0.25, 0.3) is 0 Å². The van der Waals surface area contributed by atoms with Crippen LogP contribution in [0.1, 0.15) is 13.8 Å². The van der Waals surface area contributed by atoms with Gasteiger partial charge in [0, 0.05) is 32.7 Å². The largest absolute Gasteiger partial charge is 0.503 e. The Labute approximate surface area is 102 Å². The zero-order valence-electron chi connectivity index (χ0n) is 10.5. The molecule has 17 heavy (non-hydrogen) atoms. The second-order valence-electron chi connectivity index (χ2n) is 4.91. The quantitative estimate of drug-likeness (QED) is 0.847. The normalized spacial score (nSPS) is 17.7. The van der Waals surface area contributed by atoms with Gasteiger partial charge in [0.2, 0.25) is 0 Å². The van der Waals surface area contributed by atoms with Crippen molar-refractivity contribution in [2.75, 3.05) is 37.6 Å². The first-order chi connectivity index (χ1) is 8.16. The van der Waals surface area contributed by atoms with Gasteiger partial charge in [-0.15, -0.1) is 0 Å². The van der Waals surface area contributed by atoms with Crippen LogP contribution in [0, 0.1) is 5.92 Å². The molecule has 1 N–H and O–H groups in total. The summed E-state index contributed by atoms with van der Waals surface area (Å²) in [7, 11) is 0. The number of piperazine rings is 1. The van der Waals surface area contributed by atoms with E-state index < -0.39 is 0 Å². The summed E-state index contributed by atoms with van der Waals surface area (Å²) in [6.45, 7) is 9.51. The van der Waals surface area contributed by atoms with E-state index in [2.05, 4.69) is 33.6 Å². The van der Waals surface area contributed by atoms with Crippen molar-refractivity contribution in [2.45, 2.75) is 13.8 Å². The molecule has 1 fully saturated rings. The Hall–Kier alpha value is -1.36. The van der Waals surface area contributed by atoms with E-state index in [1.54, 1.807) is 0 Å². The minimum absolute atomic E-state index is 0.171. The Balaban J connectivity index is 1.93. The molecule has 0 atom stereocenters. The lowest BCUT2D eigenvalue weighted by atomic mass is 10.2. The van der Waals surface area contributed by atoms with Crippen LogP contribution in [0.5, 0.6) is 5.75 Å². The first kappa shape index (κ1) is 12.1. The first-order valence-corrected chi connectivity index (χ1v) is 6.13. The molecule has 5 nitrogen and oxygen atoms in total. The van der Waals surface area contributed by atoms with Gasteiger partial charge in [-0.1, -0.05) is 13.8 Å². The summed E-state index contributed by atoms with van der Waals surface area (Å²) < 4.78 is 0. The van der Waals surface area contributed by atoms with Crippen molar-refractivity contribution < 1.29 is 5.11 Å². The molecule has 2 heterocycles. The van der Waals surface area contributed by atoms with Gasteiger partial charge in [-0.05, 0) is 5.92 Å². The molecular weight excluding hydrogens is 216 g/mol. The van der Waals surface area contributed by atoms with E-state index in [0.717, 1.165) is 32.7 Å². The second-order valence-corrected chi connectivity index (χ2v) is 4.91. The Kier molecular flexibility index (Phi) is 3.78. The lowest BCUT2D eigenvalue weighted by Gasteiger charge is -2.36. The van der Waals surface area contributed by atoms with E-state index in [1.807, 2.05) is 0 Å². The highest BCUT2D eigenvalue weighted by Crippen LogP contribution is 2.23. The number of nitrogens with zero attached hydrogens (tertiary/aromatic N) is 4. The SMILES string of the molecule is CC(C)CN1CCN(c2ncncc2O)CC1. The Morgan fingerprint density at radius 1 is 1.29 bits per heavy atom. The molecule has 0 radical (unpaired) electrons. The maximum Gasteiger partial charge on any atom is 0.177 e. The van der Waals surface area contributed by atoms with Crippen molar-refractivity contribution in [3.05, 3.63) is 12.5 Å². The van der Waals surface area contributed by atoms with Crippen molar-refractivity contribution in [3.8, 4) is 5.75 Å². The Morgan fingerprint density at radius 3 is 2.59 bits per heavy atom. The molecule has 0 spiro atoms. The van der Waals surface area contributed by atoms with Crippen LogP contribution in [0.25, 0.3) is 0 Å². The molecule has 5 heteroatoms. The van der Waals surface area contributed by atoms with Crippen molar-refractivity contribution in [1.29, 1.82) is 0 Å². The molecule has 0 amide bonds. The van der Waals surface area contributed by atoms with Crippen LogP contribution in [0.3, 0.4) is 0 Å². The van der Waals surface area contributed by atoms with Crippen molar-refractivity contribution in [1.82, 2.24) is 14.9 Å². The van der Waals surface area contributed by atoms with Crippen molar-refractivity contribution >= 4 is 5.82 Å². The molecule has 1 aliphatic heterocycles. The van der Waals surface area contributed by atoms with Crippen LogP contribution in [-0.2, 0) is 0 Å². The van der Waals surface area contributed by atoms with Crippen LogP contribution >= 0.6 is 0 Å². The molecule has 0 aliphatic carbocycles. The van der Waals surface area contributed by atoms with Gasteiger partial charge in [-0.2, -0.15) is 0 Å². The monoisotopic (exact) mass is 236 g/mol. The van der Waals surface area contributed by atoms with Crippen molar-refractivity contribution in [2.24, 2.45) is 5.92 Å². The minimum atomic E-state index is 0.171. The van der Waals surface area contributed by atoms with Gasteiger partial charge < -0.3 is 10.0 Å². The van der Waals surface area contributed by atoms with Crippen LogP contribution < -0.4 is 4.90 Å². The maximum atomic E-state index is 9.69. The molecule has 1 aromatic rings. The number of hydrogen-bond acceptors (Lipinski definition) is 5. The third-order valence-electron chi connectivity index (χ3n) is 2.97. The third-order valence-corrected chi connectivity index (χ3v) is 2.97. The van der Waals surface area contributed by atoms with E-state index in [-0.39, 0.29) is 5.75 Å². The number of anilines is 1. The van der Waals surface area contributed by atoms with Crippen LogP contribution in [0.15, 0.2) is 12.5 Å². The maximum absolute atomic E-state index is 9.69. The average Bonchev–Trinajstić information content (AvgIpc) is 2.30. The molecule has 0 saturated carbocycles. The highest BCUT2D eigenvalue weighted by atomic mass is 16.3. The summed E-state index contributed by atoms with van der Waals surface area (Å²) in [5, 5.41) is 9.69. The topological polar surface area (TPSA) is 52.5 Å². The van der Waals surface area contributed by atoms with Gasteiger partial charge in [0.1, 0.15) is 6.33 Å². The summed E-state index contributed by atoms with van der Waals surface area (Å²) in [6.07, 6.45) is 2.93. The number of aromatic nitrogens is 2. The molecule has 2 rings (SSSR count).